The Morgan fingerprint density at radius 3 is 2.54 bits per heavy atom. The summed E-state index contributed by atoms with van der Waals surface area (Å²) in [6, 6.07) is 12.9. The summed E-state index contributed by atoms with van der Waals surface area (Å²) in [5.41, 5.74) is 1.32. The van der Waals surface area contributed by atoms with E-state index in [0.29, 0.717) is 30.2 Å². The van der Waals surface area contributed by atoms with Gasteiger partial charge in [0.05, 0.1) is 25.1 Å². The van der Waals surface area contributed by atoms with E-state index in [1.807, 2.05) is 29.2 Å². The molecule has 0 aromatic heterocycles. The molecular weight excluding hydrogens is 356 g/mol. The third-order valence-corrected chi connectivity index (χ3v) is 5.48. The van der Waals surface area contributed by atoms with E-state index in [1.54, 1.807) is 32.4 Å². The first-order valence-electron chi connectivity index (χ1n) is 9.36. The number of likely N-dealkylation sites (tertiary alicyclic amines) is 1. The molecule has 6 nitrogen and oxygen atoms in total. The summed E-state index contributed by atoms with van der Waals surface area (Å²) in [5, 5.41) is 1.69. The molecule has 0 bridgehead atoms. The van der Waals surface area contributed by atoms with Gasteiger partial charge >= 0.3 is 0 Å². The highest BCUT2D eigenvalue weighted by Gasteiger charge is 2.31. The van der Waals surface area contributed by atoms with Gasteiger partial charge in [0, 0.05) is 29.9 Å². The van der Waals surface area contributed by atoms with E-state index >= 15 is 0 Å². The first kappa shape index (κ1) is 18.2. The van der Waals surface area contributed by atoms with Crippen LogP contribution in [0.4, 0.5) is 0 Å². The number of methoxy groups -OCH3 is 2. The maximum Gasteiger partial charge on any atom is 0.274 e. The maximum absolute atomic E-state index is 13.0. The number of benzene rings is 2. The molecule has 2 aromatic carbocycles. The van der Waals surface area contributed by atoms with Gasteiger partial charge in [-0.3, -0.25) is 9.59 Å². The fourth-order valence-corrected chi connectivity index (χ4v) is 4.00. The number of piperidine rings is 1. The van der Waals surface area contributed by atoms with Gasteiger partial charge in [-0.2, -0.15) is 0 Å². The molecule has 0 saturated carbocycles. The van der Waals surface area contributed by atoms with Crippen LogP contribution in [0.15, 0.2) is 47.5 Å². The molecule has 0 N–H and O–H groups in total. The fourth-order valence-electron chi connectivity index (χ4n) is 4.00. The minimum absolute atomic E-state index is 0.0641. The summed E-state index contributed by atoms with van der Waals surface area (Å²) in [6.07, 6.45) is 1.49. The van der Waals surface area contributed by atoms with Crippen molar-refractivity contribution in [1.29, 1.82) is 0 Å². The molecule has 0 aliphatic carbocycles. The predicted octanol–water partition coefficient (Wildman–Crippen LogP) is 1.57. The molecule has 6 heteroatoms. The zero-order valence-corrected chi connectivity index (χ0v) is 16.0. The lowest BCUT2D eigenvalue weighted by atomic mass is 9.87. The van der Waals surface area contributed by atoms with E-state index in [1.165, 1.54) is 0 Å². The van der Waals surface area contributed by atoms with Gasteiger partial charge in [0.25, 0.3) is 11.8 Å². The lowest BCUT2D eigenvalue weighted by Gasteiger charge is -2.32. The molecule has 2 aliphatic heterocycles. The zero-order chi connectivity index (χ0) is 19.7. The average molecular weight is 378 g/mol. The van der Waals surface area contributed by atoms with Gasteiger partial charge < -0.3 is 14.4 Å². The van der Waals surface area contributed by atoms with Gasteiger partial charge in [-0.15, -0.1) is 0 Å². The molecule has 2 heterocycles. The van der Waals surface area contributed by atoms with Gasteiger partial charge in [0.1, 0.15) is 11.5 Å². The van der Waals surface area contributed by atoms with Crippen LogP contribution in [0, 0.1) is 5.92 Å². The Hall–Kier alpha value is -3.15. The second-order valence-electron chi connectivity index (χ2n) is 6.98. The van der Waals surface area contributed by atoms with Crippen LogP contribution < -0.4 is 20.0 Å². The molecule has 0 radical (unpaired) electrons. The van der Waals surface area contributed by atoms with Crippen molar-refractivity contribution in [2.24, 2.45) is 10.9 Å². The molecule has 1 saturated heterocycles. The number of amides is 2. The van der Waals surface area contributed by atoms with Crippen molar-refractivity contribution in [3.05, 3.63) is 58.6 Å². The summed E-state index contributed by atoms with van der Waals surface area (Å²) in [5.74, 6) is 1.07. The lowest BCUT2D eigenvalue weighted by Crippen LogP contribution is -2.40. The smallest absolute Gasteiger partial charge is 0.274 e. The van der Waals surface area contributed by atoms with Crippen molar-refractivity contribution in [2.75, 3.05) is 27.3 Å². The lowest BCUT2D eigenvalue weighted by molar-refractivity contribution is -0.113. The molecule has 2 aromatic rings. The highest BCUT2D eigenvalue weighted by molar-refractivity contribution is 6.16. The van der Waals surface area contributed by atoms with Crippen molar-refractivity contribution < 1.29 is 19.1 Å². The molecule has 28 heavy (non-hydrogen) atoms. The number of hydrogen-bond acceptors (Lipinski definition) is 4. The van der Waals surface area contributed by atoms with Gasteiger partial charge in [-0.05, 0) is 37.0 Å². The number of rotatable bonds is 4. The zero-order valence-electron chi connectivity index (χ0n) is 16.0. The third kappa shape index (κ3) is 3.15. The van der Waals surface area contributed by atoms with Crippen LogP contribution in [0.3, 0.4) is 0 Å². The Bertz CT molecular complexity index is 1050. The van der Waals surface area contributed by atoms with E-state index in [4.69, 9.17) is 9.47 Å². The molecule has 2 amide bonds. The van der Waals surface area contributed by atoms with Crippen molar-refractivity contribution in [2.45, 2.75) is 12.8 Å². The molecule has 2 aliphatic rings. The Morgan fingerprint density at radius 1 is 1.07 bits per heavy atom. The summed E-state index contributed by atoms with van der Waals surface area (Å²) in [4.78, 5) is 31.4. The molecule has 0 spiro atoms. The van der Waals surface area contributed by atoms with Gasteiger partial charge in [-0.25, -0.2) is 4.99 Å². The Morgan fingerprint density at radius 2 is 1.82 bits per heavy atom. The average Bonchev–Trinajstić information content (AvgIpc) is 3.08. The quantitative estimate of drug-likeness (QED) is 0.810. The van der Waals surface area contributed by atoms with Gasteiger partial charge in [0.15, 0.2) is 0 Å². The summed E-state index contributed by atoms with van der Waals surface area (Å²) in [6.45, 7) is 1.19. The van der Waals surface area contributed by atoms with E-state index in [9.17, 15) is 9.59 Å². The molecule has 4 rings (SSSR count). The topological polar surface area (TPSA) is 68.2 Å². The van der Waals surface area contributed by atoms with Crippen LogP contribution in [0.1, 0.15) is 23.2 Å². The number of carbonyl (C=O) groups excluding carboxylic acids is 2. The van der Waals surface area contributed by atoms with Crippen LogP contribution in [0.2, 0.25) is 0 Å². The van der Waals surface area contributed by atoms with E-state index in [-0.39, 0.29) is 17.7 Å². The number of nitrogens with zero attached hydrogens (tertiary/aromatic N) is 2. The molecule has 144 valence electrons. The summed E-state index contributed by atoms with van der Waals surface area (Å²) < 4.78 is 10.6. The van der Waals surface area contributed by atoms with E-state index in [2.05, 4.69) is 4.99 Å². The van der Waals surface area contributed by atoms with E-state index in [0.717, 1.165) is 29.0 Å². The minimum Gasteiger partial charge on any atom is -0.497 e. The van der Waals surface area contributed by atoms with Crippen LogP contribution in [-0.4, -0.2) is 44.0 Å². The SMILES string of the molecule is COc1ccc(C(=O)N2CCC(C3=c4ccccc4=NC3=O)CC2)c(OC)c1. The van der Waals surface area contributed by atoms with Crippen molar-refractivity contribution in [3.63, 3.8) is 0 Å². The first-order chi connectivity index (χ1) is 13.6. The van der Waals surface area contributed by atoms with Crippen molar-refractivity contribution in [3.8, 4) is 11.5 Å². The number of ether oxygens (including phenoxy) is 2. The maximum atomic E-state index is 13.0. The highest BCUT2D eigenvalue weighted by Crippen LogP contribution is 2.30. The number of carbonyl (C=O) groups is 2. The number of hydrogen-bond donors (Lipinski definition) is 0. The molecule has 1 fully saturated rings. The first-order valence-corrected chi connectivity index (χ1v) is 9.36. The Labute approximate surface area is 163 Å². The minimum atomic E-state index is -0.136. The largest absolute Gasteiger partial charge is 0.497 e. The van der Waals surface area contributed by atoms with Crippen LogP contribution in [0.25, 0.3) is 5.57 Å². The second-order valence-corrected chi connectivity index (χ2v) is 6.98. The van der Waals surface area contributed by atoms with Crippen molar-refractivity contribution in [1.82, 2.24) is 4.90 Å². The van der Waals surface area contributed by atoms with Crippen LogP contribution in [-0.2, 0) is 4.79 Å². The normalized spacial score (nSPS) is 16.6. The van der Waals surface area contributed by atoms with E-state index < -0.39 is 0 Å². The van der Waals surface area contributed by atoms with Crippen LogP contribution >= 0.6 is 0 Å². The molecule has 0 atom stereocenters. The summed E-state index contributed by atoms with van der Waals surface area (Å²) in [7, 11) is 3.12. The predicted molar refractivity (Wildman–Crippen MR) is 104 cm³/mol. The highest BCUT2D eigenvalue weighted by atomic mass is 16.5. The van der Waals surface area contributed by atoms with Gasteiger partial charge in [0.2, 0.25) is 0 Å². The standard InChI is InChI=1S/C22H22N2O4/c1-27-15-7-8-17(19(13-15)28-2)22(26)24-11-9-14(10-12-24)20-16-5-3-4-6-18(16)23-21(20)25/h3-8,13-14H,9-12H2,1-2H3. The monoisotopic (exact) mass is 378 g/mol. The Balaban J connectivity index is 1.52. The van der Waals surface area contributed by atoms with Crippen molar-refractivity contribution >= 4 is 17.4 Å². The summed E-state index contributed by atoms with van der Waals surface area (Å²) >= 11 is 0. The third-order valence-electron chi connectivity index (χ3n) is 5.48. The van der Waals surface area contributed by atoms with Gasteiger partial charge in [-0.1, -0.05) is 18.2 Å². The van der Waals surface area contributed by atoms with Crippen LogP contribution in [0.5, 0.6) is 11.5 Å². The fraction of sp³-hybridized carbons (Fsp3) is 0.318. The molecular formula is C22H22N2O4. The number of para-hydroxylation sites is 1. The second kappa shape index (κ2) is 7.46. The molecule has 0 unspecified atom stereocenters. The Kier molecular flexibility index (Phi) is 4.86. The number of fused-ring (bicyclic) bond motifs is 1.